The Hall–Kier alpha value is -3.44. The third kappa shape index (κ3) is 3.98. The second-order valence-corrected chi connectivity index (χ2v) is 7.01. The van der Waals surface area contributed by atoms with Crippen LogP contribution in [0.2, 0.25) is 0 Å². The number of alkyl halides is 3. The van der Waals surface area contributed by atoms with Crippen molar-refractivity contribution in [2.75, 3.05) is 24.6 Å². The topological polar surface area (TPSA) is 109 Å². The fraction of sp³-hybridized carbons (Fsp3) is 0.389. The Morgan fingerprint density at radius 3 is 2.70 bits per heavy atom. The minimum Gasteiger partial charge on any atom is -0.491 e. The summed E-state index contributed by atoms with van der Waals surface area (Å²) in [4.78, 5) is 35.8. The molecular formula is C18H17F3N6O3. The summed E-state index contributed by atoms with van der Waals surface area (Å²) in [6.07, 6.45) is -1.70. The third-order valence-electron chi connectivity index (χ3n) is 5.24. The number of ether oxygens (including phenoxy) is 1. The number of fused-ring (bicyclic) bond motifs is 1. The van der Waals surface area contributed by atoms with Gasteiger partial charge in [-0.1, -0.05) is 0 Å². The first kappa shape index (κ1) is 19.9. The van der Waals surface area contributed by atoms with E-state index < -0.39 is 17.8 Å². The van der Waals surface area contributed by atoms with Crippen LogP contribution in [0.3, 0.4) is 0 Å². The lowest BCUT2D eigenvalue weighted by molar-refractivity contribution is -0.142. The van der Waals surface area contributed by atoms with Gasteiger partial charge in [-0.3, -0.25) is 20.4 Å². The number of rotatable bonds is 7. The van der Waals surface area contributed by atoms with E-state index in [1.165, 1.54) is 24.4 Å². The number of carbonyl (C=O) groups excluding carboxylic acids is 2. The van der Waals surface area contributed by atoms with E-state index >= 15 is 0 Å². The van der Waals surface area contributed by atoms with Crippen LogP contribution in [0.5, 0.6) is 5.75 Å². The van der Waals surface area contributed by atoms with Crippen molar-refractivity contribution in [1.82, 2.24) is 25.8 Å². The van der Waals surface area contributed by atoms with Crippen LogP contribution in [-0.2, 0) is 11.0 Å². The van der Waals surface area contributed by atoms with Gasteiger partial charge in [-0.15, -0.1) is 0 Å². The maximum absolute atomic E-state index is 13.0. The predicted molar refractivity (Wildman–Crippen MR) is 96.1 cm³/mol. The lowest BCUT2D eigenvalue weighted by Gasteiger charge is -2.20. The Bertz CT molecular complexity index is 945. The molecule has 4 rings (SSSR count). The molecule has 1 aliphatic heterocycles. The minimum atomic E-state index is -4.57. The van der Waals surface area contributed by atoms with Gasteiger partial charge in [0.05, 0.1) is 6.61 Å². The number of carbonyl (C=O) groups is 2. The molecule has 1 saturated carbocycles. The molecule has 0 radical (unpaired) electrons. The Labute approximate surface area is 168 Å². The SMILES string of the molecule is O=CNNC(=O)c1ccnc(N2C[C@@H]3C(COc4cccnc4C(F)(F)F)[C@@H]3C2)n1. The van der Waals surface area contributed by atoms with Crippen LogP contribution in [0, 0.1) is 17.8 Å². The lowest BCUT2D eigenvalue weighted by Crippen LogP contribution is -2.37. The number of piperidine rings is 1. The molecule has 0 spiro atoms. The van der Waals surface area contributed by atoms with E-state index in [2.05, 4.69) is 25.8 Å². The predicted octanol–water partition coefficient (Wildman–Crippen LogP) is 1.04. The molecule has 1 saturated heterocycles. The molecule has 1 unspecified atom stereocenters. The van der Waals surface area contributed by atoms with Crippen molar-refractivity contribution in [3.8, 4) is 5.75 Å². The second-order valence-electron chi connectivity index (χ2n) is 7.01. The number of nitrogens with one attached hydrogen (secondary N) is 2. The molecule has 2 N–H and O–H groups in total. The largest absolute Gasteiger partial charge is 0.491 e. The normalized spacial score (nSPS) is 22.2. The first-order valence-electron chi connectivity index (χ1n) is 9.11. The number of anilines is 1. The van der Waals surface area contributed by atoms with Crippen molar-refractivity contribution in [2.45, 2.75) is 6.18 Å². The molecule has 2 aliphatic rings. The van der Waals surface area contributed by atoms with Gasteiger partial charge in [0.15, 0.2) is 5.69 Å². The van der Waals surface area contributed by atoms with Crippen molar-refractivity contribution in [1.29, 1.82) is 0 Å². The van der Waals surface area contributed by atoms with Crippen LogP contribution in [-0.4, -0.2) is 47.0 Å². The van der Waals surface area contributed by atoms with E-state index in [9.17, 15) is 22.8 Å². The molecule has 3 atom stereocenters. The molecule has 0 aromatic carbocycles. The average Bonchev–Trinajstić information content (AvgIpc) is 3.18. The summed E-state index contributed by atoms with van der Waals surface area (Å²) >= 11 is 0. The Kier molecular flexibility index (Phi) is 5.14. The molecular weight excluding hydrogens is 405 g/mol. The van der Waals surface area contributed by atoms with Gasteiger partial charge in [0, 0.05) is 31.4 Å². The number of aromatic nitrogens is 3. The van der Waals surface area contributed by atoms with Crippen molar-refractivity contribution < 1.29 is 27.5 Å². The smallest absolute Gasteiger partial charge is 0.437 e. The third-order valence-corrected chi connectivity index (χ3v) is 5.24. The number of hydrogen-bond donors (Lipinski definition) is 2. The zero-order valence-electron chi connectivity index (χ0n) is 15.5. The summed E-state index contributed by atoms with van der Waals surface area (Å²) in [5, 5.41) is 0. The van der Waals surface area contributed by atoms with Gasteiger partial charge in [0.25, 0.3) is 5.91 Å². The fourth-order valence-electron chi connectivity index (χ4n) is 3.75. The van der Waals surface area contributed by atoms with Crippen molar-refractivity contribution >= 4 is 18.3 Å². The highest BCUT2D eigenvalue weighted by atomic mass is 19.4. The van der Waals surface area contributed by atoms with Gasteiger partial charge in [0.2, 0.25) is 12.4 Å². The molecule has 2 aromatic heterocycles. The quantitative estimate of drug-likeness (QED) is 0.507. The molecule has 2 aromatic rings. The van der Waals surface area contributed by atoms with Crippen LogP contribution in [0.25, 0.3) is 0 Å². The number of hydrogen-bond acceptors (Lipinski definition) is 7. The van der Waals surface area contributed by atoms with Gasteiger partial charge < -0.3 is 9.64 Å². The zero-order chi connectivity index (χ0) is 21.3. The highest BCUT2D eigenvalue weighted by molar-refractivity contribution is 5.92. The molecule has 9 nitrogen and oxygen atoms in total. The maximum atomic E-state index is 13.0. The van der Waals surface area contributed by atoms with Crippen molar-refractivity contribution in [3.05, 3.63) is 42.0 Å². The van der Waals surface area contributed by atoms with Crippen LogP contribution in [0.4, 0.5) is 19.1 Å². The molecule has 0 bridgehead atoms. The van der Waals surface area contributed by atoms with Crippen molar-refractivity contribution in [2.24, 2.45) is 17.8 Å². The van der Waals surface area contributed by atoms with Crippen LogP contribution in [0.1, 0.15) is 16.2 Å². The summed E-state index contributed by atoms with van der Waals surface area (Å²) in [6.45, 7) is 1.42. The van der Waals surface area contributed by atoms with Gasteiger partial charge in [-0.05, 0) is 30.0 Å². The van der Waals surface area contributed by atoms with Crippen molar-refractivity contribution in [3.63, 3.8) is 0 Å². The summed E-state index contributed by atoms with van der Waals surface area (Å²) < 4.78 is 44.4. The molecule has 12 heteroatoms. The van der Waals surface area contributed by atoms with E-state index in [0.29, 0.717) is 25.4 Å². The second kappa shape index (κ2) is 7.76. The highest BCUT2D eigenvalue weighted by Gasteiger charge is 2.56. The van der Waals surface area contributed by atoms with E-state index in [0.717, 1.165) is 6.20 Å². The number of hydrazine groups is 1. The zero-order valence-corrected chi connectivity index (χ0v) is 15.5. The van der Waals surface area contributed by atoms with E-state index in [4.69, 9.17) is 4.74 Å². The summed E-state index contributed by atoms with van der Waals surface area (Å²) in [5.41, 5.74) is 3.30. The standard InChI is InChI=1S/C18H17F3N6O3/c19-18(20,21)15-14(2-1-4-22-15)30-8-12-10-6-27(7-11(10)12)17-23-5-3-13(25-17)16(29)26-24-9-28/h1-5,9-12H,6-8H2,(H,24,28)(H,26,29)/t10-,11+,12?. The molecule has 158 valence electrons. The first-order valence-corrected chi connectivity index (χ1v) is 9.11. The first-order chi connectivity index (χ1) is 14.4. The fourth-order valence-corrected chi connectivity index (χ4v) is 3.75. The van der Waals surface area contributed by atoms with E-state index in [1.54, 1.807) is 0 Å². The van der Waals surface area contributed by atoms with Crippen LogP contribution < -0.4 is 20.5 Å². The van der Waals surface area contributed by atoms with Gasteiger partial charge in [-0.25, -0.2) is 15.0 Å². The molecule has 2 fully saturated rings. The number of amides is 2. The lowest BCUT2D eigenvalue weighted by atomic mass is 10.2. The Morgan fingerprint density at radius 1 is 1.23 bits per heavy atom. The molecule has 3 heterocycles. The van der Waals surface area contributed by atoms with Crippen LogP contribution in [0.15, 0.2) is 30.6 Å². The Morgan fingerprint density at radius 2 is 2.00 bits per heavy atom. The van der Waals surface area contributed by atoms with Gasteiger partial charge in [0.1, 0.15) is 11.4 Å². The number of pyridine rings is 1. The summed E-state index contributed by atoms with van der Waals surface area (Å²) in [6, 6.07) is 4.10. The number of nitrogens with zero attached hydrogens (tertiary/aromatic N) is 4. The summed E-state index contributed by atoms with van der Waals surface area (Å²) in [5.74, 6) is 0.205. The maximum Gasteiger partial charge on any atom is 0.437 e. The molecule has 1 aliphatic carbocycles. The van der Waals surface area contributed by atoms with Crippen LogP contribution >= 0.6 is 0 Å². The van der Waals surface area contributed by atoms with E-state index in [-0.39, 0.29) is 35.8 Å². The Balaban J connectivity index is 1.33. The minimum absolute atomic E-state index is 0.103. The highest BCUT2D eigenvalue weighted by Crippen LogP contribution is 2.52. The monoisotopic (exact) mass is 422 g/mol. The number of halogens is 3. The average molecular weight is 422 g/mol. The summed E-state index contributed by atoms with van der Waals surface area (Å²) in [7, 11) is 0. The molecule has 30 heavy (non-hydrogen) atoms. The van der Waals surface area contributed by atoms with Gasteiger partial charge in [-0.2, -0.15) is 13.2 Å². The molecule has 2 amide bonds. The van der Waals surface area contributed by atoms with Gasteiger partial charge >= 0.3 is 6.18 Å². The van der Waals surface area contributed by atoms with E-state index in [1.807, 2.05) is 4.90 Å².